The van der Waals surface area contributed by atoms with Gasteiger partial charge >= 0.3 is 6.36 Å². The second kappa shape index (κ2) is 3.74. The highest BCUT2D eigenvalue weighted by molar-refractivity contribution is 6.36. The molecule has 7 heteroatoms. The minimum atomic E-state index is -4.82. The van der Waals surface area contributed by atoms with Gasteiger partial charge in [-0.2, -0.15) is 0 Å². The summed E-state index contributed by atoms with van der Waals surface area (Å²) in [6.45, 7) is 0. The van der Waals surface area contributed by atoms with Gasteiger partial charge in [0.2, 0.25) is 0 Å². The molecular weight excluding hydrogens is 242 g/mol. The van der Waals surface area contributed by atoms with E-state index >= 15 is 0 Å². The summed E-state index contributed by atoms with van der Waals surface area (Å²) in [5, 5.41) is -0.0693. The van der Waals surface area contributed by atoms with Crippen molar-refractivity contribution in [2.75, 3.05) is 5.73 Å². The third-order valence-electron chi connectivity index (χ3n) is 1.28. The molecule has 1 aromatic carbocycles. The highest BCUT2D eigenvalue weighted by Crippen LogP contribution is 2.36. The van der Waals surface area contributed by atoms with Crippen LogP contribution >= 0.6 is 23.2 Å². The molecule has 0 radical (unpaired) electrons. The van der Waals surface area contributed by atoms with Gasteiger partial charge in [-0.05, 0) is 6.07 Å². The Morgan fingerprint density at radius 1 is 1.21 bits per heavy atom. The van der Waals surface area contributed by atoms with Crippen LogP contribution in [0.1, 0.15) is 0 Å². The first-order valence-electron chi connectivity index (χ1n) is 3.30. The number of hydrogen-bond donors (Lipinski definition) is 1. The number of alkyl halides is 3. The third kappa shape index (κ3) is 2.85. The van der Waals surface area contributed by atoms with E-state index in [0.717, 1.165) is 6.07 Å². The summed E-state index contributed by atoms with van der Waals surface area (Å²) < 4.78 is 39.1. The monoisotopic (exact) mass is 245 g/mol. The largest absolute Gasteiger partial charge is 0.573 e. The van der Waals surface area contributed by atoms with Crippen molar-refractivity contribution in [3.63, 3.8) is 0 Å². The van der Waals surface area contributed by atoms with Gasteiger partial charge < -0.3 is 10.5 Å². The lowest BCUT2D eigenvalue weighted by molar-refractivity contribution is -0.274. The van der Waals surface area contributed by atoms with Crippen molar-refractivity contribution in [3.8, 4) is 5.75 Å². The highest BCUT2D eigenvalue weighted by atomic mass is 35.5. The van der Waals surface area contributed by atoms with Crippen LogP contribution in [0.3, 0.4) is 0 Å². The molecule has 0 aliphatic heterocycles. The number of benzene rings is 1. The molecule has 1 rings (SSSR count). The molecule has 0 saturated carbocycles. The zero-order chi connectivity index (χ0) is 10.9. The predicted octanol–water partition coefficient (Wildman–Crippen LogP) is 3.47. The van der Waals surface area contributed by atoms with E-state index in [-0.39, 0.29) is 15.7 Å². The Morgan fingerprint density at radius 3 is 2.29 bits per heavy atom. The molecule has 0 unspecified atom stereocenters. The Labute approximate surface area is 87.4 Å². The summed E-state index contributed by atoms with van der Waals surface area (Å²) in [4.78, 5) is 0. The van der Waals surface area contributed by atoms with E-state index in [2.05, 4.69) is 4.74 Å². The molecule has 0 amide bonds. The maximum Gasteiger partial charge on any atom is 0.573 e. The predicted molar refractivity (Wildman–Crippen MR) is 47.6 cm³/mol. The van der Waals surface area contributed by atoms with Crippen LogP contribution in [0.5, 0.6) is 5.75 Å². The van der Waals surface area contributed by atoms with Crippen LogP contribution in [-0.4, -0.2) is 6.36 Å². The number of rotatable bonds is 1. The lowest BCUT2D eigenvalue weighted by Gasteiger charge is -2.11. The van der Waals surface area contributed by atoms with Gasteiger partial charge in [0, 0.05) is 11.1 Å². The van der Waals surface area contributed by atoms with Gasteiger partial charge in [0.15, 0.2) is 5.75 Å². The lowest BCUT2D eigenvalue weighted by atomic mass is 10.3. The second-order valence-electron chi connectivity index (χ2n) is 2.35. The van der Waals surface area contributed by atoms with Crippen molar-refractivity contribution in [2.24, 2.45) is 0 Å². The lowest BCUT2D eigenvalue weighted by Crippen LogP contribution is -2.18. The molecule has 0 fully saturated rings. The zero-order valence-electron chi connectivity index (χ0n) is 6.53. The van der Waals surface area contributed by atoms with E-state index in [1.807, 2.05) is 0 Å². The summed E-state index contributed by atoms with van der Waals surface area (Å²) >= 11 is 11.0. The van der Waals surface area contributed by atoms with E-state index in [0.29, 0.717) is 0 Å². The average Bonchev–Trinajstić information content (AvgIpc) is 1.96. The minimum Gasteiger partial charge on any atom is -0.403 e. The molecule has 0 saturated heterocycles. The van der Waals surface area contributed by atoms with Gasteiger partial charge in [0.25, 0.3) is 0 Å². The number of halogens is 5. The molecule has 0 heterocycles. The Morgan fingerprint density at radius 2 is 1.79 bits per heavy atom. The van der Waals surface area contributed by atoms with Gasteiger partial charge in [-0.1, -0.05) is 23.2 Å². The van der Waals surface area contributed by atoms with Crippen molar-refractivity contribution in [3.05, 3.63) is 22.2 Å². The van der Waals surface area contributed by atoms with Crippen molar-refractivity contribution < 1.29 is 17.9 Å². The van der Waals surface area contributed by atoms with Crippen LogP contribution in [0.15, 0.2) is 12.1 Å². The van der Waals surface area contributed by atoms with E-state index in [1.165, 1.54) is 6.07 Å². The number of hydrogen-bond acceptors (Lipinski definition) is 2. The van der Waals surface area contributed by atoms with Crippen LogP contribution in [0.2, 0.25) is 10.0 Å². The standard InChI is InChI=1S/C7H4Cl2F3NO/c8-3-1-4(9)6(13)5(2-3)14-7(10,11)12/h1-2H,13H2. The quantitative estimate of drug-likeness (QED) is 0.770. The Balaban J connectivity index is 3.09. The molecule has 0 atom stereocenters. The molecule has 0 aromatic heterocycles. The van der Waals surface area contributed by atoms with Crippen molar-refractivity contribution in [2.45, 2.75) is 6.36 Å². The first kappa shape index (κ1) is 11.3. The third-order valence-corrected chi connectivity index (χ3v) is 1.81. The summed E-state index contributed by atoms with van der Waals surface area (Å²) in [5.41, 5.74) is 4.95. The summed E-state index contributed by atoms with van der Waals surface area (Å²) in [6.07, 6.45) is -4.82. The molecule has 14 heavy (non-hydrogen) atoms. The maximum atomic E-state index is 11.8. The van der Waals surface area contributed by atoms with Crippen LogP contribution in [0, 0.1) is 0 Å². The molecule has 0 aliphatic rings. The van der Waals surface area contributed by atoms with Crippen LogP contribution in [-0.2, 0) is 0 Å². The van der Waals surface area contributed by atoms with Crippen LogP contribution in [0.25, 0.3) is 0 Å². The van der Waals surface area contributed by atoms with Crippen LogP contribution in [0.4, 0.5) is 18.9 Å². The molecule has 1 aromatic rings. The molecule has 0 bridgehead atoms. The highest BCUT2D eigenvalue weighted by Gasteiger charge is 2.32. The summed E-state index contributed by atoms with van der Waals surface area (Å²) in [7, 11) is 0. The van der Waals surface area contributed by atoms with E-state index in [9.17, 15) is 13.2 Å². The summed E-state index contributed by atoms with van der Waals surface area (Å²) in [5.74, 6) is -0.602. The number of ether oxygens (including phenoxy) is 1. The zero-order valence-corrected chi connectivity index (χ0v) is 8.04. The Bertz CT molecular complexity index is 354. The Kier molecular flexibility index (Phi) is 3.01. The van der Waals surface area contributed by atoms with E-state index < -0.39 is 12.1 Å². The number of anilines is 1. The smallest absolute Gasteiger partial charge is 0.403 e. The Hall–Kier alpha value is -0.810. The normalized spacial score (nSPS) is 11.5. The fourth-order valence-electron chi connectivity index (χ4n) is 0.770. The fourth-order valence-corrected chi connectivity index (χ4v) is 1.25. The molecular formula is C7H4Cl2F3NO. The fraction of sp³-hybridized carbons (Fsp3) is 0.143. The van der Waals surface area contributed by atoms with Gasteiger partial charge in [0.1, 0.15) is 0 Å². The van der Waals surface area contributed by atoms with Gasteiger partial charge in [-0.15, -0.1) is 13.2 Å². The number of nitrogens with two attached hydrogens (primary N) is 1. The van der Waals surface area contributed by atoms with Gasteiger partial charge in [0.05, 0.1) is 10.7 Å². The number of nitrogen functional groups attached to an aromatic ring is 1. The van der Waals surface area contributed by atoms with Crippen molar-refractivity contribution >= 4 is 28.9 Å². The first-order chi connectivity index (χ1) is 6.29. The molecule has 78 valence electrons. The minimum absolute atomic E-state index is 0.0171. The van der Waals surface area contributed by atoms with Crippen molar-refractivity contribution in [1.82, 2.24) is 0 Å². The molecule has 0 aliphatic carbocycles. The van der Waals surface area contributed by atoms with Gasteiger partial charge in [-0.3, -0.25) is 0 Å². The molecule has 2 N–H and O–H groups in total. The average molecular weight is 246 g/mol. The van der Waals surface area contributed by atoms with Crippen molar-refractivity contribution in [1.29, 1.82) is 0 Å². The molecule has 2 nitrogen and oxygen atoms in total. The van der Waals surface area contributed by atoms with Crippen LogP contribution < -0.4 is 10.5 Å². The van der Waals surface area contributed by atoms with E-state index in [1.54, 1.807) is 0 Å². The van der Waals surface area contributed by atoms with E-state index in [4.69, 9.17) is 28.9 Å². The first-order valence-corrected chi connectivity index (χ1v) is 4.05. The van der Waals surface area contributed by atoms with Gasteiger partial charge in [-0.25, -0.2) is 0 Å². The second-order valence-corrected chi connectivity index (χ2v) is 3.19. The SMILES string of the molecule is Nc1c(Cl)cc(Cl)cc1OC(F)(F)F. The maximum absolute atomic E-state index is 11.8. The topological polar surface area (TPSA) is 35.2 Å². The molecule has 0 spiro atoms. The summed E-state index contributed by atoms with van der Waals surface area (Å²) in [6, 6.07) is 2.16.